The van der Waals surface area contributed by atoms with Gasteiger partial charge in [0.25, 0.3) is 10.0 Å². The molecule has 2 aromatic carbocycles. The summed E-state index contributed by atoms with van der Waals surface area (Å²) in [5, 5.41) is 2.81. The molecule has 8 heteroatoms. The van der Waals surface area contributed by atoms with Crippen LogP contribution in [-0.4, -0.2) is 31.7 Å². The van der Waals surface area contributed by atoms with E-state index >= 15 is 0 Å². The van der Waals surface area contributed by atoms with Crippen LogP contribution in [0.25, 0.3) is 0 Å². The van der Waals surface area contributed by atoms with Gasteiger partial charge in [0.2, 0.25) is 11.8 Å². The Morgan fingerprint density at radius 2 is 1.63 bits per heavy atom. The molecule has 2 amide bonds. The van der Waals surface area contributed by atoms with Crippen LogP contribution in [0.5, 0.6) is 0 Å². The Bertz CT molecular complexity index is 1070. The minimum absolute atomic E-state index is 0.0753. The Morgan fingerprint density at radius 1 is 1.00 bits per heavy atom. The number of nitrogens with one attached hydrogen (secondary N) is 2. The van der Waals surface area contributed by atoms with Crippen LogP contribution in [0.15, 0.2) is 47.4 Å². The van der Waals surface area contributed by atoms with Gasteiger partial charge < -0.3 is 10.2 Å². The predicted molar refractivity (Wildman–Crippen MR) is 117 cm³/mol. The van der Waals surface area contributed by atoms with Gasteiger partial charge in [-0.3, -0.25) is 14.3 Å². The molecule has 0 radical (unpaired) electrons. The normalized spacial score (nSPS) is 14.1. The maximum Gasteiger partial charge on any atom is 0.262 e. The van der Waals surface area contributed by atoms with Gasteiger partial charge >= 0.3 is 0 Å². The van der Waals surface area contributed by atoms with Crippen molar-refractivity contribution in [3.05, 3.63) is 53.6 Å². The summed E-state index contributed by atoms with van der Waals surface area (Å²) in [6.07, 6.45) is 0.625. The second kappa shape index (κ2) is 8.10. The minimum Gasteiger partial charge on any atom is -0.338 e. The third kappa shape index (κ3) is 4.81. The van der Waals surface area contributed by atoms with Gasteiger partial charge in [0.1, 0.15) is 0 Å². The zero-order valence-electron chi connectivity index (χ0n) is 17.7. The van der Waals surface area contributed by atoms with E-state index in [1.165, 1.54) is 6.92 Å². The second-order valence-electron chi connectivity index (χ2n) is 8.47. The molecule has 1 aliphatic heterocycles. The number of fused-ring (bicyclic) bond motifs is 1. The first-order valence-electron chi connectivity index (χ1n) is 9.78. The molecule has 0 bridgehead atoms. The maximum absolute atomic E-state index is 13.1. The molecule has 0 saturated carbocycles. The molecule has 30 heavy (non-hydrogen) atoms. The summed E-state index contributed by atoms with van der Waals surface area (Å²) >= 11 is 0. The van der Waals surface area contributed by atoms with Crippen molar-refractivity contribution in [2.45, 2.75) is 45.6 Å². The molecular weight excluding hydrogens is 402 g/mol. The standard InChI is InChI=1S/C22H27N3O4S/c1-15(26)25-13-12-16-6-5-7-20(19(16)14-25)30(28,29)24-18-10-8-17(9-11-18)23-21(27)22(2,3)4/h5-11,24H,12-14H2,1-4H3,(H,23,27). The topological polar surface area (TPSA) is 95.6 Å². The first-order valence-corrected chi connectivity index (χ1v) is 11.3. The summed E-state index contributed by atoms with van der Waals surface area (Å²) < 4.78 is 28.7. The first kappa shape index (κ1) is 21.8. The van der Waals surface area contributed by atoms with Crippen molar-refractivity contribution in [3.63, 3.8) is 0 Å². The number of benzene rings is 2. The zero-order valence-corrected chi connectivity index (χ0v) is 18.5. The number of carbonyl (C=O) groups is 2. The van der Waals surface area contributed by atoms with Crippen LogP contribution >= 0.6 is 0 Å². The van der Waals surface area contributed by atoms with E-state index in [4.69, 9.17) is 0 Å². The summed E-state index contributed by atoms with van der Waals surface area (Å²) in [6.45, 7) is 7.80. The van der Waals surface area contributed by atoms with Crippen LogP contribution in [0.4, 0.5) is 11.4 Å². The number of hydrogen-bond acceptors (Lipinski definition) is 4. The van der Waals surface area contributed by atoms with E-state index in [0.717, 1.165) is 5.56 Å². The van der Waals surface area contributed by atoms with Crippen LogP contribution in [0, 0.1) is 5.41 Å². The molecule has 0 atom stereocenters. The fraction of sp³-hybridized carbons (Fsp3) is 0.364. The Kier molecular flexibility index (Phi) is 5.90. The summed E-state index contributed by atoms with van der Waals surface area (Å²) in [5.41, 5.74) is 2.05. The molecule has 2 N–H and O–H groups in total. The Labute approximate surface area is 177 Å². The van der Waals surface area contributed by atoms with E-state index in [2.05, 4.69) is 10.0 Å². The van der Waals surface area contributed by atoms with E-state index in [0.29, 0.717) is 29.9 Å². The molecule has 2 aromatic rings. The fourth-order valence-electron chi connectivity index (χ4n) is 3.22. The smallest absolute Gasteiger partial charge is 0.262 e. The molecule has 3 rings (SSSR count). The van der Waals surface area contributed by atoms with Gasteiger partial charge in [0, 0.05) is 36.8 Å². The number of sulfonamides is 1. The molecule has 0 unspecified atom stereocenters. The van der Waals surface area contributed by atoms with Crippen LogP contribution < -0.4 is 10.0 Å². The fourth-order valence-corrected chi connectivity index (χ4v) is 4.56. The SMILES string of the molecule is CC(=O)N1CCc2cccc(S(=O)(=O)Nc3ccc(NC(=O)C(C)(C)C)cc3)c2C1. The number of anilines is 2. The quantitative estimate of drug-likeness (QED) is 0.779. The lowest BCUT2D eigenvalue weighted by atomic mass is 9.95. The van der Waals surface area contributed by atoms with E-state index in [1.807, 2.05) is 26.8 Å². The van der Waals surface area contributed by atoms with Gasteiger partial charge in [-0.15, -0.1) is 0 Å². The van der Waals surface area contributed by atoms with Crippen LogP contribution in [0.3, 0.4) is 0 Å². The lowest BCUT2D eigenvalue weighted by Gasteiger charge is -2.29. The third-order valence-corrected chi connectivity index (χ3v) is 6.51. The summed E-state index contributed by atoms with van der Waals surface area (Å²) in [5.74, 6) is -0.199. The highest BCUT2D eigenvalue weighted by atomic mass is 32.2. The third-order valence-electron chi connectivity index (χ3n) is 5.04. The summed E-state index contributed by atoms with van der Waals surface area (Å²) in [7, 11) is -3.84. The molecule has 0 spiro atoms. The average molecular weight is 430 g/mol. The van der Waals surface area contributed by atoms with Gasteiger partial charge in [0.05, 0.1) is 4.90 Å². The molecule has 0 aromatic heterocycles. The average Bonchev–Trinajstić information content (AvgIpc) is 2.67. The summed E-state index contributed by atoms with van der Waals surface area (Å²) in [6, 6.07) is 11.7. The Morgan fingerprint density at radius 3 is 2.23 bits per heavy atom. The monoisotopic (exact) mass is 429 g/mol. The number of carbonyl (C=O) groups excluding carboxylic acids is 2. The minimum atomic E-state index is -3.84. The molecule has 160 valence electrons. The van der Waals surface area contributed by atoms with Crippen molar-refractivity contribution in [2.24, 2.45) is 5.41 Å². The van der Waals surface area contributed by atoms with E-state index < -0.39 is 15.4 Å². The van der Waals surface area contributed by atoms with Gasteiger partial charge in [-0.1, -0.05) is 32.9 Å². The molecule has 0 saturated heterocycles. The van der Waals surface area contributed by atoms with E-state index in [9.17, 15) is 18.0 Å². The van der Waals surface area contributed by atoms with E-state index in [1.54, 1.807) is 41.3 Å². The van der Waals surface area contributed by atoms with Crippen molar-refractivity contribution in [1.82, 2.24) is 4.90 Å². The predicted octanol–water partition coefficient (Wildman–Crippen LogP) is 3.38. The van der Waals surface area contributed by atoms with Gasteiger partial charge in [-0.25, -0.2) is 8.42 Å². The van der Waals surface area contributed by atoms with Crippen molar-refractivity contribution in [1.29, 1.82) is 0 Å². The summed E-state index contributed by atoms with van der Waals surface area (Å²) in [4.78, 5) is 25.7. The highest BCUT2D eigenvalue weighted by molar-refractivity contribution is 7.92. The molecule has 0 aliphatic carbocycles. The first-order chi connectivity index (χ1) is 14.0. The van der Waals surface area contributed by atoms with Gasteiger partial charge in [-0.05, 0) is 47.9 Å². The zero-order chi connectivity index (χ0) is 22.1. The molecule has 7 nitrogen and oxygen atoms in total. The molecule has 0 fully saturated rings. The van der Waals surface area contributed by atoms with Crippen molar-refractivity contribution < 1.29 is 18.0 Å². The Balaban J connectivity index is 1.81. The van der Waals surface area contributed by atoms with Crippen LogP contribution in [0.1, 0.15) is 38.8 Å². The van der Waals surface area contributed by atoms with Gasteiger partial charge in [0.15, 0.2) is 0 Å². The highest BCUT2D eigenvalue weighted by Gasteiger charge is 2.26. The van der Waals surface area contributed by atoms with Gasteiger partial charge in [-0.2, -0.15) is 0 Å². The lowest BCUT2D eigenvalue weighted by Crippen LogP contribution is -2.35. The van der Waals surface area contributed by atoms with Crippen molar-refractivity contribution in [2.75, 3.05) is 16.6 Å². The number of hydrogen-bond donors (Lipinski definition) is 2. The molecule has 1 heterocycles. The highest BCUT2D eigenvalue weighted by Crippen LogP contribution is 2.28. The maximum atomic E-state index is 13.1. The van der Waals surface area contributed by atoms with Crippen molar-refractivity contribution in [3.8, 4) is 0 Å². The number of nitrogens with zero attached hydrogens (tertiary/aromatic N) is 1. The largest absolute Gasteiger partial charge is 0.338 e. The van der Waals surface area contributed by atoms with Crippen LogP contribution in [0.2, 0.25) is 0 Å². The Hall–Kier alpha value is -2.87. The van der Waals surface area contributed by atoms with Crippen LogP contribution in [-0.2, 0) is 32.6 Å². The van der Waals surface area contributed by atoms with E-state index in [-0.39, 0.29) is 23.3 Å². The van der Waals surface area contributed by atoms with Crippen molar-refractivity contribution >= 4 is 33.2 Å². The molecule has 1 aliphatic rings. The lowest BCUT2D eigenvalue weighted by molar-refractivity contribution is -0.129. The number of amides is 2. The second-order valence-corrected chi connectivity index (χ2v) is 10.1. The molecular formula is C22H27N3O4S. The number of rotatable bonds is 4.